The third kappa shape index (κ3) is 3.14. The van der Waals surface area contributed by atoms with Crippen molar-refractivity contribution < 1.29 is 9.84 Å². The highest BCUT2D eigenvalue weighted by molar-refractivity contribution is 5.22. The molecule has 0 aliphatic rings. The van der Waals surface area contributed by atoms with E-state index in [1.165, 1.54) is 4.68 Å². The molecule has 1 heterocycles. The summed E-state index contributed by atoms with van der Waals surface area (Å²) in [5.41, 5.74) is -0.356. The van der Waals surface area contributed by atoms with E-state index >= 15 is 0 Å². The largest absolute Gasteiger partial charge is 0.480 e. The van der Waals surface area contributed by atoms with E-state index in [2.05, 4.69) is 15.5 Å². The maximum Gasteiger partial charge on any atom is 0.194 e. The van der Waals surface area contributed by atoms with Gasteiger partial charge in [-0.1, -0.05) is 39.0 Å². The molecule has 0 fully saturated rings. The maximum absolute atomic E-state index is 10.6. The number of aliphatic hydroxyl groups is 1. The Hall–Kier alpha value is -1.95. The number of hydrogen-bond donors (Lipinski definition) is 1. The smallest absolute Gasteiger partial charge is 0.194 e. The topological polar surface area (TPSA) is 73.1 Å². The van der Waals surface area contributed by atoms with Crippen molar-refractivity contribution in [2.75, 3.05) is 0 Å². The molecule has 0 bridgehead atoms. The van der Waals surface area contributed by atoms with Crippen molar-refractivity contribution >= 4 is 0 Å². The fraction of sp³-hybridized carbons (Fsp3) is 0.500. The zero-order chi connectivity index (χ0) is 14.8. The molecule has 6 nitrogen and oxygen atoms in total. The quantitative estimate of drug-likeness (QED) is 0.920. The molecule has 2 unspecified atom stereocenters. The summed E-state index contributed by atoms with van der Waals surface area (Å²) >= 11 is 0. The van der Waals surface area contributed by atoms with Gasteiger partial charge in [-0.3, -0.25) is 0 Å². The van der Waals surface area contributed by atoms with E-state index in [1.807, 2.05) is 51.1 Å². The van der Waals surface area contributed by atoms with Crippen LogP contribution in [0.2, 0.25) is 0 Å². The monoisotopic (exact) mass is 276 g/mol. The van der Waals surface area contributed by atoms with E-state index in [-0.39, 0.29) is 5.41 Å². The first-order chi connectivity index (χ1) is 9.39. The number of para-hydroxylation sites is 1. The second-order valence-electron chi connectivity index (χ2n) is 5.82. The lowest BCUT2D eigenvalue weighted by Crippen LogP contribution is -2.36. The fourth-order valence-electron chi connectivity index (χ4n) is 1.84. The molecule has 0 aliphatic heterocycles. The van der Waals surface area contributed by atoms with Gasteiger partial charge in [-0.15, -0.1) is 5.10 Å². The van der Waals surface area contributed by atoms with Gasteiger partial charge in [-0.2, -0.15) is 0 Å². The molecule has 20 heavy (non-hydrogen) atoms. The van der Waals surface area contributed by atoms with Crippen LogP contribution in [0.5, 0.6) is 5.75 Å². The van der Waals surface area contributed by atoms with Crippen molar-refractivity contribution in [2.24, 2.45) is 12.5 Å². The number of nitrogens with zero attached hydrogens (tertiary/aromatic N) is 4. The fourth-order valence-corrected chi connectivity index (χ4v) is 1.84. The third-order valence-electron chi connectivity index (χ3n) is 3.09. The predicted molar refractivity (Wildman–Crippen MR) is 74.1 cm³/mol. The summed E-state index contributed by atoms with van der Waals surface area (Å²) in [6, 6.07) is 9.35. The van der Waals surface area contributed by atoms with E-state index in [0.29, 0.717) is 11.6 Å². The molecule has 0 saturated heterocycles. The van der Waals surface area contributed by atoms with Gasteiger partial charge in [0.15, 0.2) is 11.9 Å². The average Bonchev–Trinajstić information content (AvgIpc) is 2.81. The standard InChI is InChI=1S/C14H20N4O2/c1-14(2,3)12(19)11(13-15-16-17-18(13)4)20-10-8-6-5-7-9-10/h5-9,11-12,19H,1-4H3. The van der Waals surface area contributed by atoms with Crippen molar-refractivity contribution in [1.82, 2.24) is 20.2 Å². The highest BCUT2D eigenvalue weighted by atomic mass is 16.5. The molecule has 1 aromatic heterocycles. The molecule has 0 saturated carbocycles. The molecule has 0 amide bonds. The number of ether oxygens (including phenoxy) is 1. The summed E-state index contributed by atoms with van der Waals surface area (Å²) in [4.78, 5) is 0. The molecular weight excluding hydrogens is 256 g/mol. The molecule has 0 spiro atoms. The lowest BCUT2D eigenvalue weighted by molar-refractivity contribution is -0.0384. The summed E-state index contributed by atoms with van der Waals surface area (Å²) in [5.74, 6) is 1.17. The lowest BCUT2D eigenvalue weighted by atomic mass is 9.85. The van der Waals surface area contributed by atoms with E-state index in [4.69, 9.17) is 4.74 Å². The zero-order valence-corrected chi connectivity index (χ0v) is 12.2. The van der Waals surface area contributed by atoms with Gasteiger partial charge < -0.3 is 9.84 Å². The molecule has 2 rings (SSSR count). The number of benzene rings is 1. The van der Waals surface area contributed by atoms with Crippen LogP contribution in [-0.4, -0.2) is 31.4 Å². The summed E-state index contributed by atoms with van der Waals surface area (Å²) in [6.07, 6.45) is -1.37. The predicted octanol–water partition coefficient (Wildman–Crippen LogP) is 1.74. The third-order valence-corrected chi connectivity index (χ3v) is 3.09. The lowest BCUT2D eigenvalue weighted by Gasteiger charge is -2.32. The van der Waals surface area contributed by atoms with Crippen LogP contribution in [-0.2, 0) is 7.05 Å². The van der Waals surface area contributed by atoms with Gasteiger partial charge in [0.2, 0.25) is 0 Å². The summed E-state index contributed by atoms with van der Waals surface area (Å²) < 4.78 is 7.43. The van der Waals surface area contributed by atoms with Gasteiger partial charge in [0.1, 0.15) is 11.9 Å². The van der Waals surface area contributed by atoms with Crippen LogP contribution in [0.3, 0.4) is 0 Å². The minimum Gasteiger partial charge on any atom is -0.480 e. The van der Waals surface area contributed by atoms with E-state index < -0.39 is 12.2 Å². The van der Waals surface area contributed by atoms with Crippen molar-refractivity contribution in [1.29, 1.82) is 0 Å². The van der Waals surface area contributed by atoms with Crippen LogP contribution in [0.4, 0.5) is 0 Å². The second-order valence-corrected chi connectivity index (χ2v) is 5.82. The van der Waals surface area contributed by atoms with Gasteiger partial charge in [-0.05, 0) is 28.0 Å². The number of tetrazole rings is 1. The van der Waals surface area contributed by atoms with Gasteiger partial charge in [0.25, 0.3) is 0 Å². The van der Waals surface area contributed by atoms with Crippen LogP contribution in [0, 0.1) is 5.41 Å². The van der Waals surface area contributed by atoms with Gasteiger partial charge in [0.05, 0.1) is 0 Å². The van der Waals surface area contributed by atoms with Crippen LogP contribution >= 0.6 is 0 Å². The number of aromatic nitrogens is 4. The van der Waals surface area contributed by atoms with Crippen LogP contribution in [0.25, 0.3) is 0 Å². The highest BCUT2D eigenvalue weighted by Crippen LogP contribution is 2.32. The maximum atomic E-state index is 10.6. The first kappa shape index (κ1) is 14.5. The first-order valence-corrected chi connectivity index (χ1v) is 6.51. The Balaban J connectivity index is 2.32. The van der Waals surface area contributed by atoms with Crippen molar-refractivity contribution in [3.63, 3.8) is 0 Å². The minimum atomic E-state index is -0.743. The van der Waals surface area contributed by atoms with E-state index in [0.717, 1.165) is 0 Å². The van der Waals surface area contributed by atoms with Crippen molar-refractivity contribution in [3.05, 3.63) is 36.2 Å². The first-order valence-electron chi connectivity index (χ1n) is 6.51. The van der Waals surface area contributed by atoms with Crippen LogP contribution in [0.1, 0.15) is 32.7 Å². The summed E-state index contributed by atoms with van der Waals surface area (Å²) in [6.45, 7) is 5.84. The number of aryl methyl sites for hydroxylation is 1. The van der Waals surface area contributed by atoms with Crippen molar-refractivity contribution in [2.45, 2.75) is 33.0 Å². The van der Waals surface area contributed by atoms with Gasteiger partial charge in [-0.25, -0.2) is 4.68 Å². The molecule has 0 aliphatic carbocycles. The Labute approximate surface area is 118 Å². The number of rotatable bonds is 4. The summed E-state index contributed by atoms with van der Waals surface area (Å²) in [7, 11) is 1.73. The Morgan fingerprint density at radius 2 is 1.85 bits per heavy atom. The Morgan fingerprint density at radius 1 is 1.20 bits per heavy atom. The highest BCUT2D eigenvalue weighted by Gasteiger charge is 2.36. The van der Waals surface area contributed by atoms with Crippen LogP contribution in [0.15, 0.2) is 30.3 Å². The average molecular weight is 276 g/mol. The molecule has 0 radical (unpaired) electrons. The molecule has 1 aromatic carbocycles. The minimum absolute atomic E-state index is 0.356. The van der Waals surface area contributed by atoms with Gasteiger partial charge in [0, 0.05) is 7.05 Å². The van der Waals surface area contributed by atoms with Gasteiger partial charge >= 0.3 is 0 Å². The zero-order valence-electron chi connectivity index (χ0n) is 12.2. The number of aliphatic hydroxyl groups excluding tert-OH is 1. The Bertz CT molecular complexity index is 548. The molecule has 6 heteroatoms. The van der Waals surface area contributed by atoms with Crippen LogP contribution < -0.4 is 4.74 Å². The molecule has 2 atom stereocenters. The Kier molecular flexibility index (Phi) is 4.04. The van der Waals surface area contributed by atoms with E-state index in [1.54, 1.807) is 7.05 Å². The molecule has 1 N–H and O–H groups in total. The summed E-state index contributed by atoms with van der Waals surface area (Å²) in [5, 5.41) is 22.0. The Morgan fingerprint density at radius 3 is 2.35 bits per heavy atom. The van der Waals surface area contributed by atoms with Crippen molar-refractivity contribution in [3.8, 4) is 5.75 Å². The van der Waals surface area contributed by atoms with E-state index in [9.17, 15) is 5.11 Å². The second kappa shape index (κ2) is 5.58. The molecule has 2 aromatic rings. The molecular formula is C14H20N4O2. The molecule has 108 valence electrons. The number of hydrogen-bond acceptors (Lipinski definition) is 5. The normalized spacial score (nSPS) is 14.8. The SMILES string of the molecule is Cn1nnnc1C(Oc1ccccc1)C(O)C(C)(C)C.